The normalized spacial score (nSPS) is 25.2. The summed E-state index contributed by atoms with van der Waals surface area (Å²) in [5.74, 6) is -2.05. The fraction of sp³-hybridized carbons (Fsp3) is 0.846. The van der Waals surface area contributed by atoms with Gasteiger partial charge in [-0.25, -0.2) is 18.4 Å². The Bertz CT molecular complexity index is 381. The second kappa shape index (κ2) is 5.93. The van der Waals surface area contributed by atoms with Crippen LogP contribution in [0.25, 0.3) is 0 Å². The van der Waals surface area contributed by atoms with E-state index in [4.69, 9.17) is 9.47 Å². The number of hydrogen-bond acceptors (Lipinski definition) is 4. The molecule has 0 spiro atoms. The van der Waals surface area contributed by atoms with E-state index in [0.29, 0.717) is 6.42 Å². The number of carbonyl (C=O) groups is 2. The number of rotatable bonds is 5. The lowest BCUT2D eigenvalue weighted by Gasteiger charge is -2.23. The van der Waals surface area contributed by atoms with Crippen LogP contribution in [0.4, 0.5) is 13.6 Å². The van der Waals surface area contributed by atoms with E-state index in [1.807, 2.05) is 0 Å². The van der Waals surface area contributed by atoms with Crippen molar-refractivity contribution in [1.29, 1.82) is 0 Å². The molecule has 1 amide bonds. The van der Waals surface area contributed by atoms with Crippen molar-refractivity contribution in [3.05, 3.63) is 0 Å². The van der Waals surface area contributed by atoms with Crippen molar-refractivity contribution in [3.63, 3.8) is 0 Å². The lowest BCUT2D eigenvalue weighted by Crippen LogP contribution is -2.48. The van der Waals surface area contributed by atoms with Gasteiger partial charge in [0.2, 0.25) is 6.43 Å². The molecular weight excluding hydrogens is 272 g/mol. The van der Waals surface area contributed by atoms with Gasteiger partial charge in [-0.1, -0.05) is 6.92 Å². The maximum atomic E-state index is 12.8. The molecule has 1 rings (SSSR count). The van der Waals surface area contributed by atoms with Crippen LogP contribution in [0.3, 0.4) is 0 Å². The first-order valence-electron chi connectivity index (χ1n) is 6.59. The van der Waals surface area contributed by atoms with Crippen LogP contribution in [0.5, 0.6) is 0 Å². The maximum Gasteiger partial charge on any atom is 0.408 e. The third-order valence-corrected chi connectivity index (χ3v) is 2.84. The van der Waals surface area contributed by atoms with Gasteiger partial charge in [0.15, 0.2) is 0 Å². The summed E-state index contributed by atoms with van der Waals surface area (Å²) < 4.78 is 35.5. The second-order valence-corrected chi connectivity index (χ2v) is 5.88. The molecule has 0 aromatic carbocycles. The van der Waals surface area contributed by atoms with Crippen LogP contribution in [0.1, 0.15) is 40.5 Å². The van der Waals surface area contributed by atoms with Crippen LogP contribution < -0.4 is 5.32 Å². The summed E-state index contributed by atoms with van der Waals surface area (Å²) in [5, 5.41) is 2.25. The van der Waals surface area contributed by atoms with Gasteiger partial charge in [-0.05, 0) is 33.6 Å². The minimum absolute atomic E-state index is 0.131. The standard InChI is InChI=1S/C13H21F2NO4/c1-5-6-19-10(17)13(7-8(13)9(14)15)16-11(18)20-12(2,3)4/h8-9H,5-7H2,1-4H3,(H,16,18)/t8-,13+/m0/s1. The van der Waals surface area contributed by atoms with E-state index in [0.717, 1.165) is 0 Å². The smallest absolute Gasteiger partial charge is 0.408 e. The predicted molar refractivity (Wildman–Crippen MR) is 67.5 cm³/mol. The zero-order valence-corrected chi connectivity index (χ0v) is 12.2. The van der Waals surface area contributed by atoms with Crippen LogP contribution in [-0.2, 0) is 14.3 Å². The topological polar surface area (TPSA) is 64.6 Å². The lowest BCUT2D eigenvalue weighted by atomic mass is 10.2. The van der Waals surface area contributed by atoms with E-state index in [2.05, 4.69) is 5.32 Å². The molecule has 2 atom stereocenters. The molecule has 0 bridgehead atoms. The number of ether oxygens (including phenoxy) is 2. The van der Waals surface area contributed by atoms with Gasteiger partial charge in [-0.2, -0.15) is 0 Å². The predicted octanol–water partition coefficient (Wildman–Crippen LogP) is 2.49. The van der Waals surface area contributed by atoms with E-state index in [1.165, 1.54) is 0 Å². The Morgan fingerprint density at radius 1 is 1.40 bits per heavy atom. The summed E-state index contributed by atoms with van der Waals surface area (Å²) in [6.07, 6.45) is -3.15. The van der Waals surface area contributed by atoms with Crippen molar-refractivity contribution in [3.8, 4) is 0 Å². The highest BCUT2D eigenvalue weighted by Crippen LogP contribution is 2.48. The molecule has 116 valence electrons. The Labute approximate surface area is 117 Å². The Hall–Kier alpha value is -1.40. The molecule has 0 radical (unpaired) electrons. The summed E-state index contributed by atoms with van der Waals surface area (Å²) in [4.78, 5) is 23.6. The molecule has 0 aromatic heterocycles. The molecule has 0 saturated heterocycles. The van der Waals surface area contributed by atoms with Crippen molar-refractivity contribution >= 4 is 12.1 Å². The molecule has 5 nitrogen and oxygen atoms in total. The zero-order valence-electron chi connectivity index (χ0n) is 12.2. The van der Waals surface area contributed by atoms with Crippen molar-refractivity contribution in [2.75, 3.05) is 6.61 Å². The average molecular weight is 293 g/mol. The minimum atomic E-state index is -2.70. The Morgan fingerprint density at radius 2 is 2.00 bits per heavy atom. The van der Waals surface area contributed by atoms with Gasteiger partial charge >= 0.3 is 12.1 Å². The molecule has 0 aromatic rings. The lowest BCUT2D eigenvalue weighted by molar-refractivity contribution is -0.148. The number of esters is 1. The Kier molecular flexibility index (Phi) is 4.94. The van der Waals surface area contributed by atoms with E-state index in [-0.39, 0.29) is 13.0 Å². The third-order valence-electron chi connectivity index (χ3n) is 2.84. The highest BCUT2D eigenvalue weighted by Gasteiger charge is 2.67. The number of halogens is 2. The molecule has 7 heteroatoms. The minimum Gasteiger partial charge on any atom is -0.464 e. The van der Waals surface area contributed by atoms with Crippen molar-refractivity contribution in [2.45, 2.75) is 58.1 Å². The average Bonchev–Trinajstić information content (AvgIpc) is 2.99. The molecule has 0 unspecified atom stereocenters. The van der Waals surface area contributed by atoms with Crippen molar-refractivity contribution in [2.24, 2.45) is 5.92 Å². The molecule has 1 aliphatic carbocycles. The van der Waals surface area contributed by atoms with Crippen LogP contribution >= 0.6 is 0 Å². The molecule has 1 fully saturated rings. The summed E-state index contributed by atoms with van der Waals surface area (Å²) >= 11 is 0. The fourth-order valence-electron chi connectivity index (χ4n) is 1.83. The van der Waals surface area contributed by atoms with E-state index < -0.39 is 35.5 Å². The number of hydrogen-bond donors (Lipinski definition) is 1. The summed E-state index contributed by atoms with van der Waals surface area (Å²) in [6, 6.07) is 0. The maximum absolute atomic E-state index is 12.8. The summed E-state index contributed by atoms with van der Waals surface area (Å²) in [6.45, 7) is 6.86. The van der Waals surface area contributed by atoms with Gasteiger partial charge in [-0.15, -0.1) is 0 Å². The van der Waals surface area contributed by atoms with Gasteiger partial charge in [0.05, 0.1) is 12.5 Å². The number of alkyl halides is 2. The van der Waals surface area contributed by atoms with Gasteiger partial charge in [-0.3, -0.25) is 0 Å². The third kappa shape index (κ3) is 4.05. The molecule has 1 saturated carbocycles. The monoisotopic (exact) mass is 293 g/mol. The van der Waals surface area contributed by atoms with Gasteiger partial charge in [0.1, 0.15) is 11.1 Å². The molecule has 0 aliphatic heterocycles. The number of nitrogens with one attached hydrogen (secondary N) is 1. The van der Waals surface area contributed by atoms with Crippen molar-refractivity contribution in [1.82, 2.24) is 5.32 Å². The van der Waals surface area contributed by atoms with Crippen LogP contribution in [0, 0.1) is 5.92 Å². The first kappa shape index (κ1) is 16.7. The molecular formula is C13H21F2NO4. The molecule has 1 N–H and O–H groups in total. The van der Waals surface area contributed by atoms with E-state index in [1.54, 1.807) is 27.7 Å². The number of carbonyl (C=O) groups excluding carboxylic acids is 2. The highest BCUT2D eigenvalue weighted by atomic mass is 19.3. The zero-order chi connectivity index (χ0) is 15.6. The summed E-state index contributed by atoms with van der Waals surface area (Å²) in [7, 11) is 0. The van der Waals surface area contributed by atoms with E-state index in [9.17, 15) is 18.4 Å². The first-order valence-corrected chi connectivity index (χ1v) is 6.59. The van der Waals surface area contributed by atoms with E-state index >= 15 is 0 Å². The SMILES string of the molecule is CCCOC(=O)[C@@]1(NC(=O)OC(C)(C)C)C[C@H]1C(F)F. The Morgan fingerprint density at radius 3 is 2.40 bits per heavy atom. The van der Waals surface area contributed by atoms with Crippen LogP contribution in [0.15, 0.2) is 0 Å². The van der Waals surface area contributed by atoms with Crippen molar-refractivity contribution < 1.29 is 27.8 Å². The number of alkyl carbamates (subject to hydrolysis) is 1. The first-order chi connectivity index (χ1) is 9.12. The molecule has 0 heterocycles. The second-order valence-electron chi connectivity index (χ2n) is 5.88. The van der Waals surface area contributed by atoms with Gasteiger partial charge < -0.3 is 14.8 Å². The van der Waals surface area contributed by atoms with Crippen LogP contribution in [0.2, 0.25) is 0 Å². The van der Waals surface area contributed by atoms with Gasteiger partial charge in [0, 0.05) is 0 Å². The quantitative estimate of drug-likeness (QED) is 0.791. The summed E-state index contributed by atoms with van der Waals surface area (Å²) in [5.41, 5.74) is -2.42. The fourth-order valence-corrected chi connectivity index (χ4v) is 1.83. The largest absolute Gasteiger partial charge is 0.464 e. The molecule has 20 heavy (non-hydrogen) atoms. The highest BCUT2D eigenvalue weighted by molar-refractivity contribution is 5.89. The van der Waals surface area contributed by atoms with Crippen LogP contribution in [-0.4, -0.2) is 36.2 Å². The van der Waals surface area contributed by atoms with Gasteiger partial charge in [0.25, 0.3) is 0 Å². The Balaban J connectivity index is 2.72. The number of amides is 1. The molecule has 1 aliphatic rings.